The molecule has 3 rings (SSSR count). The summed E-state index contributed by atoms with van der Waals surface area (Å²) in [7, 11) is 0. The Kier molecular flexibility index (Phi) is 5.25. The van der Waals surface area contributed by atoms with Crippen molar-refractivity contribution in [3.63, 3.8) is 0 Å². The summed E-state index contributed by atoms with van der Waals surface area (Å²) in [6.45, 7) is 1.45. The number of hydrogen-bond donors (Lipinski definition) is 1. The number of nitrogens with one attached hydrogen (secondary N) is 1. The lowest BCUT2D eigenvalue weighted by atomic mass is 10.1. The Bertz CT molecular complexity index is 1050. The van der Waals surface area contributed by atoms with Crippen LogP contribution in [0.5, 0.6) is 0 Å². The van der Waals surface area contributed by atoms with E-state index < -0.39 is 17.8 Å². The van der Waals surface area contributed by atoms with E-state index >= 15 is 0 Å². The summed E-state index contributed by atoms with van der Waals surface area (Å²) in [6.07, 6.45) is 1.32. The van der Waals surface area contributed by atoms with Crippen molar-refractivity contribution in [2.75, 3.05) is 0 Å². The molecule has 0 fully saturated rings. The van der Waals surface area contributed by atoms with Gasteiger partial charge in [0.05, 0.1) is 28.3 Å². The van der Waals surface area contributed by atoms with Crippen molar-refractivity contribution >= 4 is 40.0 Å². The third kappa shape index (κ3) is 3.71. The minimum Gasteiger partial charge on any atom is -0.348 e. The van der Waals surface area contributed by atoms with Gasteiger partial charge in [-0.3, -0.25) is 14.2 Å². The van der Waals surface area contributed by atoms with Gasteiger partial charge in [0.1, 0.15) is 12.4 Å². The molecule has 0 aliphatic carbocycles. The molecule has 8 heteroatoms. The summed E-state index contributed by atoms with van der Waals surface area (Å²) >= 11 is 11.7. The van der Waals surface area contributed by atoms with E-state index in [0.29, 0.717) is 16.5 Å². The molecule has 0 spiro atoms. The van der Waals surface area contributed by atoms with Crippen molar-refractivity contribution in [1.82, 2.24) is 14.9 Å². The first kappa shape index (κ1) is 18.4. The lowest BCUT2D eigenvalue weighted by Crippen LogP contribution is -2.34. The molecule has 0 aliphatic rings. The van der Waals surface area contributed by atoms with Crippen molar-refractivity contribution in [2.24, 2.45) is 0 Å². The number of carbonyl (C=O) groups excluding carboxylic acids is 1. The third-order valence-corrected chi connectivity index (χ3v) is 4.55. The van der Waals surface area contributed by atoms with Gasteiger partial charge in [0, 0.05) is 5.02 Å². The zero-order chi connectivity index (χ0) is 18.8. The second-order valence-corrected chi connectivity index (χ2v) is 6.59. The lowest BCUT2D eigenvalue weighted by Gasteiger charge is -2.17. The fourth-order valence-electron chi connectivity index (χ4n) is 2.61. The highest BCUT2D eigenvalue weighted by atomic mass is 35.5. The van der Waals surface area contributed by atoms with E-state index in [1.54, 1.807) is 31.2 Å². The molecule has 134 valence electrons. The number of carbonyl (C=O) groups is 1. The highest BCUT2D eigenvalue weighted by molar-refractivity contribution is 6.35. The van der Waals surface area contributed by atoms with Crippen molar-refractivity contribution in [2.45, 2.75) is 19.5 Å². The van der Waals surface area contributed by atoms with Crippen LogP contribution in [0.2, 0.25) is 10.0 Å². The number of hydrogen-bond acceptors (Lipinski definition) is 3. The van der Waals surface area contributed by atoms with E-state index in [-0.39, 0.29) is 22.1 Å². The molecule has 1 aromatic heterocycles. The van der Waals surface area contributed by atoms with Crippen LogP contribution < -0.4 is 10.9 Å². The van der Waals surface area contributed by atoms with Gasteiger partial charge in [-0.1, -0.05) is 35.3 Å². The predicted molar refractivity (Wildman–Crippen MR) is 99.0 cm³/mol. The van der Waals surface area contributed by atoms with Crippen molar-refractivity contribution in [3.05, 3.63) is 74.5 Å². The Labute approximate surface area is 158 Å². The number of para-hydroxylation sites is 1. The zero-order valence-electron chi connectivity index (χ0n) is 13.7. The molecule has 0 saturated heterocycles. The molecule has 0 saturated carbocycles. The van der Waals surface area contributed by atoms with Crippen molar-refractivity contribution in [3.8, 4) is 0 Å². The van der Waals surface area contributed by atoms with Crippen LogP contribution in [0.25, 0.3) is 10.9 Å². The molecule has 1 N–H and O–H groups in total. The molecular weight excluding hydrogens is 380 g/mol. The summed E-state index contributed by atoms with van der Waals surface area (Å²) in [6, 6.07) is 8.79. The summed E-state index contributed by atoms with van der Waals surface area (Å²) in [4.78, 5) is 28.9. The average molecular weight is 394 g/mol. The number of halogens is 3. The summed E-state index contributed by atoms with van der Waals surface area (Å²) < 4.78 is 14.9. The van der Waals surface area contributed by atoms with Crippen molar-refractivity contribution < 1.29 is 9.18 Å². The van der Waals surface area contributed by atoms with Gasteiger partial charge >= 0.3 is 0 Å². The quantitative estimate of drug-likeness (QED) is 0.686. The summed E-state index contributed by atoms with van der Waals surface area (Å²) in [5.74, 6) is -1.05. The van der Waals surface area contributed by atoms with Gasteiger partial charge in [-0.25, -0.2) is 9.37 Å². The molecule has 0 bridgehead atoms. The van der Waals surface area contributed by atoms with Crippen LogP contribution in [0.4, 0.5) is 4.39 Å². The standard InChI is InChI=1S/C18H14Cl2FN3O2/c1-10(12-6-15(21)14(20)7-13(12)19)23-17(25)8-24-9-22-16-5-3-2-4-11(16)18(24)26/h2-7,9-10H,8H2,1H3,(H,23,25)/t10-/m1/s1. The van der Waals surface area contributed by atoms with E-state index in [2.05, 4.69) is 10.3 Å². The van der Waals surface area contributed by atoms with Crippen LogP contribution in [0.3, 0.4) is 0 Å². The Morgan fingerprint density at radius 1 is 1.27 bits per heavy atom. The fraction of sp³-hybridized carbons (Fsp3) is 0.167. The highest BCUT2D eigenvalue weighted by Gasteiger charge is 2.16. The molecule has 1 heterocycles. The maximum Gasteiger partial charge on any atom is 0.261 e. The maximum atomic E-state index is 13.6. The van der Waals surface area contributed by atoms with Crippen molar-refractivity contribution in [1.29, 1.82) is 0 Å². The number of aromatic nitrogens is 2. The van der Waals surface area contributed by atoms with E-state index in [1.807, 2.05) is 0 Å². The summed E-state index contributed by atoms with van der Waals surface area (Å²) in [5, 5.41) is 3.27. The van der Waals surface area contributed by atoms with Crippen LogP contribution in [0, 0.1) is 5.82 Å². The van der Waals surface area contributed by atoms with E-state index in [0.717, 1.165) is 0 Å². The number of amides is 1. The zero-order valence-corrected chi connectivity index (χ0v) is 15.2. The average Bonchev–Trinajstić information content (AvgIpc) is 2.60. The normalized spacial score (nSPS) is 12.2. The minimum absolute atomic E-state index is 0.0916. The molecule has 0 aliphatic heterocycles. The van der Waals surface area contributed by atoms with Gasteiger partial charge < -0.3 is 5.32 Å². The Balaban J connectivity index is 1.78. The predicted octanol–water partition coefficient (Wildman–Crippen LogP) is 3.72. The van der Waals surface area contributed by atoms with Crippen LogP contribution in [-0.4, -0.2) is 15.5 Å². The van der Waals surface area contributed by atoms with Crippen LogP contribution >= 0.6 is 23.2 Å². The first-order valence-electron chi connectivity index (χ1n) is 7.75. The molecular formula is C18H14Cl2FN3O2. The SMILES string of the molecule is C[C@@H](NC(=O)Cn1cnc2ccccc2c1=O)c1cc(F)c(Cl)cc1Cl. The number of benzene rings is 2. The number of nitrogens with zero attached hydrogens (tertiary/aromatic N) is 2. The molecule has 3 aromatic rings. The molecule has 2 aromatic carbocycles. The van der Waals surface area contributed by atoms with E-state index in [4.69, 9.17) is 23.2 Å². The van der Waals surface area contributed by atoms with E-state index in [9.17, 15) is 14.0 Å². The largest absolute Gasteiger partial charge is 0.348 e. The van der Waals surface area contributed by atoms with Gasteiger partial charge in [-0.2, -0.15) is 0 Å². The van der Waals surface area contributed by atoms with Gasteiger partial charge in [0.25, 0.3) is 5.56 Å². The molecule has 0 radical (unpaired) electrons. The van der Waals surface area contributed by atoms with Gasteiger partial charge in [-0.15, -0.1) is 0 Å². The monoisotopic (exact) mass is 393 g/mol. The lowest BCUT2D eigenvalue weighted by molar-refractivity contribution is -0.122. The summed E-state index contributed by atoms with van der Waals surface area (Å²) in [5.41, 5.74) is 0.644. The first-order chi connectivity index (χ1) is 12.4. The van der Waals surface area contributed by atoms with Crippen LogP contribution in [0.1, 0.15) is 18.5 Å². The molecule has 26 heavy (non-hydrogen) atoms. The minimum atomic E-state index is -0.623. The molecule has 5 nitrogen and oxygen atoms in total. The third-order valence-electron chi connectivity index (χ3n) is 3.93. The van der Waals surface area contributed by atoms with Gasteiger partial charge in [-0.05, 0) is 36.8 Å². The van der Waals surface area contributed by atoms with Crippen LogP contribution in [0.15, 0.2) is 47.5 Å². The van der Waals surface area contributed by atoms with Gasteiger partial charge in [0.2, 0.25) is 5.91 Å². The number of fused-ring (bicyclic) bond motifs is 1. The second kappa shape index (κ2) is 7.43. The van der Waals surface area contributed by atoms with E-state index in [1.165, 1.54) is 23.0 Å². The molecule has 0 unspecified atom stereocenters. The van der Waals surface area contributed by atoms with Gasteiger partial charge in [0.15, 0.2) is 0 Å². The smallest absolute Gasteiger partial charge is 0.261 e. The molecule has 1 atom stereocenters. The highest BCUT2D eigenvalue weighted by Crippen LogP contribution is 2.28. The molecule has 1 amide bonds. The Morgan fingerprint density at radius 2 is 2.00 bits per heavy atom. The fourth-order valence-corrected chi connectivity index (χ4v) is 3.15. The Morgan fingerprint density at radius 3 is 2.77 bits per heavy atom. The Hall–Kier alpha value is -2.44. The van der Waals surface area contributed by atoms with Crippen LogP contribution in [-0.2, 0) is 11.3 Å². The maximum absolute atomic E-state index is 13.6. The first-order valence-corrected chi connectivity index (χ1v) is 8.50. The topological polar surface area (TPSA) is 64.0 Å². The second-order valence-electron chi connectivity index (χ2n) is 5.77. The number of rotatable bonds is 4.